The molecule has 0 aliphatic carbocycles. The van der Waals surface area contributed by atoms with Gasteiger partial charge in [-0.15, -0.1) is 11.8 Å². The van der Waals surface area contributed by atoms with Crippen molar-refractivity contribution in [3.05, 3.63) is 95.6 Å². The highest BCUT2D eigenvalue weighted by Gasteiger charge is 2.09. The second kappa shape index (κ2) is 11.1. The maximum absolute atomic E-state index is 11.4. The minimum Gasteiger partial charge on any atom is -0.482 e. The van der Waals surface area contributed by atoms with E-state index >= 15 is 0 Å². The van der Waals surface area contributed by atoms with E-state index in [2.05, 4.69) is 6.08 Å². The number of carbonyl (C=O) groups is 1. The van der Waals surface area contributed by atoms with E-state index in [0.29, 0.717) is 11.5 Å². The van der Waals surface area contributed by atoms with Gasteiger partial charge in [0.1, 0.15) is 11.5 Å². The van der Waals surface area contributed by atoms with Gasteiger partial charge in [-0.3, -0.25) is 0 Å². The van der Waals surface area contributed by atoms with Gasteiger partial charge < -0.3 is 14.0 Å². The summed E-state index contributed by atoms with van der Waals surface area (Å²) < 4.78 is 32.9. The van der Waals surface area contributed by atoms with Crippen LogP contribution in [0.15, 0.2) is 83.8 Å². The molecule has 0 aliphatic heterocycles. The third-order valence-electron chi connectivity index (χ3n) is 4.53. The number of aryl methyl sites for hydroxylation is 1. The molecule has 0 aliphatic rings. The van der Waals surface area contributed by atoms with Gasteiger partial charge in [-0.25, -0.2) is 4.79 Å². The summed E-state index contributed by atoms with van der Waals surface area (Å²) in [5.41, 5.74) is 3.88. The zero-order valence-electron chi connectivity index (χ0n) is 18.2. The van der Waals surface area contributed by atoms with Gasteiger partial charge in [0, 0.05) is 10.6 Å². The van der Waals surface area contributed by atoms with Crippen LogP contribution in [0.4, 0.5) is 0 Å². The van der Waals surface area contributed by atoms with Crippen LogP contribution in [-0.2, 0) is 14.9 Å². The number of aliphatic carboxylic acids is 1. The molecule has 3 aromatic rings. The Hall–Kier alpha value is -3.23. The van der Waals surface area contributed by atoms with Crippen molar-refractivity contribution in [2.75, 3.05) is 18.6 Å². The highest BCUT2D eigenvalue weighted by molar-refractivity contribution is 7.99. The van der Waals surface area contributed by atoms with Crippen LogP contribution in [0.3, 0.4) is 0 Å². The van der Waals surface area contributed by atoms with Crippen LogP contribution in [0.5, 0.6) is 11.5 Å². The van der Waals surface area contributed by atoms with Crippen LogP contribution < -0.4 is 8.92 Å². The standard InChI is InChI=1S/C25H24O6S2/c1-18-16-22(12-13-24(18)30-17-25(26)27)32-15-14-23(19-6-4-3-5-7-19)20-8-10-21(11-9-20)31-33(2,28)29/h3-14,16H,15,17H2,1-2H3,(H,26,27). The molecule has 0 radical (unpaired) electrons. The van der Waals surface area contributed by atoms with Crippen molar-refractivity contribution in [3.8, 4) is 11.5 Å². The van der Waals surface area contributed by atoms with E-state index in [9.17, 15) is 13.2 Å². The SMILES string of the molecule is Cc1cc(SCC=C(c2ccccc2)c2ccc(OS(C)(=O)=O)cc2)ccc1OCC(=O)O. The normalized spacial score (nSPS) is 11.8. The second-order valence-corrected chi connectivity index (χ2v) is 9.88. The highest BCUT2D eigenvalue weighted by Crippen LogP contribution is 2.29. The summed E-state index contributed by atoms with van der Waals surface area (Å²) in [7, 11) is -3.58. The summed E-state index contributed by atoms with van der Waals surface area (Å²) in [5.74, 6) is 0.505. The van der Waals surface area contributed by atoms with Crippen LogP contribution >= 0.6 is 11.8 Å². The van der Waals surface area contributed by atoms with E-state index in [-0.39, 0.29) is 12.4 Å². The molecule has 8 heteroatoms. The third kappa shape index (κ3) is 7.69. The second-order valence-electron chi connectivity index (χ2n) is 7.22. The van der Waals surface area contributed by atoms with Crippen molar-refractivity contribution in [1.82, 2.24) is 0 Å². The Bertz CT molecular complexity index is 1230. The molecular weight excluding hydrogens is 460 g/mol. The van der Waals surface area contributed by atoms with Gasteiger partial charge in [0.05, 0.1) is 6.26 Å². The van der Waals surface area contributed by atoms with Crippen molar-refractivity contribution in [2.24, 2.45) is 0 Å². The lowest BCUT2D eigenvalue weighted by Gasteiger charge is -2.11. The zero-order valence-corrected chi connectivity index (χ0v) is 19.9. The molecule has 1 N–H and O–H groups in total. The molecular formula is C25H24O6S2. The first kappa shape index (κ1) is 24.4. The Morgan fingerprint density at radius 2 is 1.67 bits per heavy atom. The van der Waals surface area contributed by atoms with Crippen molar-refractivity contribution < 1.29 is 27.2 Å². The van der Waals surface area contributed by atoms with Crippen molar-refractivity contribution in [1.29, 1.82) is 0 Å². The van der Waals surface area contributed by atoms with E-state index < -0.39 is 16.1 Å². The maximum Gasteiger partial charge on any atom is 0.341 e. The molecule has 0 heterocycles. The fourth-order valence-electron chi connectivity index (χ4n) is 3.12. The molecule has 0 spiro atoms. The number of rotatable bonds is 10. The zero-order chi connectivity index (χ0) is 23.8. The quantitative estimate of drug-likeness (QED) is 0.319. The van der Waals surface area contributed by atoms with Crippen LogP contribution in [0.25, 0.3) is 5.57 Å². The predicted molar refractivity (Wildman–Crippen MR) is 130 cm³/mol. The van der Waals surface area contributed by atoms with E-state index in [1.165, 1.54) is 0 Å². The Morgan fingerprint density at radius 1 is 1.00 bits per heavy atom. The van der Waals surface area contributed by atoms with Crippen LogP contribution in [-0.4, -0.2) is 38.1 Å². The lowest BCUT2D eigenvalue weighted by molar-refractivity contribution is -0.139. The highest BCUT2D eigenvalue weighted by atomic mass is 32.2. The van der Waals surface area contributed by atoms with Crippen LogP contribution in [0, 0.1) is 6.92 Å². The van der Waals surface area contributed by atoms with E-state index in [4.69, 9.17) is 14.0 Å². The van der Waals surface area contributed by atoms with Gasteiger partial charge >= 0.3 is 16.1 Å². The average Bonchev–Trinajstić information content (AvgIpc) is 2.76. The van der Waals surface area contributed by atoms with Crippen LogP contribution in [0.1, 0.15) is 16.7 Å². The van der Waals surface area contributed by atoms with Gasteiger partial charge in [0.2, 0.25) is 0 Å². The molecule has 0 unspecified atom stereocenters. The van der Waals surface area contributed by atoms with Gasteiger partial charge in [0.15, 0.2) is 6.61 Å². The molecule has 0 amide bonds. The summed E-state index contributed by atoms with van der Waals surface area (Å²) in [6, 6.07) is 22.5. The number of benzene rings is 3. The van der Waals surface area contributed by atoms with Crippen molar-refractivity contribution in [2.45, 2.75) is 11.8 Å². The minimum atomic E-state index is -3.58. The number of carboxylic acid groups (broad SMARTS) is 1. The first-order valence-corrected chi connectivity index (χ1v) is 12.8. The number of hydrogen-bond acceptors (Lipinski definition) is 6. The summed E-state index contributed by atoms with van der Waals surface area (Å²) in [5, 5.41) is 8.77. The van der Waals surface area contributed by atoms with E-state index in [1.54, 1.807) is 30.0 Å². The largest absolute Gasteiger partial charge is 0.482 e. The number of ether oxygens (including phenoxy) is 1. The Kier molecular flexibility index (Phi) is 8.19. The summed E-state index contributed by atoms with van der Waals surface area (Å²) in [6.07, 6.45) is 3.14. The number of hydrogen-bond donors (Lipinski definition) is 1. The van der Waals surface area contributed by atoms with E-state index in [0.717, 1.165) is 33.4 Å². The summed E-state index contributed by atoms with van der Waals surface area (Å²) in [6.45, 7) is 1.51. The smallest absolute Gasteiger partial charge is 0.341 e. The van der Waals surface area contributed by atoms with Crippen molar-refractivity contribution >= 4 is 33.4 Å². The molecule has 0 saturated carbocycles. The third-order valence-corrected chi connectivity index (χ3v) is 5.95. The Labute approximate surface area is 198 Å². The first-order chi connectivity index (χ1) is 15.7. The topological polar surface area (TPSA) is 89.9 Å². The Morgan fingerprint density at radius 3 is 2.27 bits per heavy atom. The average molecular weight is 485 g/mol. The molecule has 3 rings (SSSR count). The fourth-order valence-corrected chi connectivity index (χ4v) is 4.45. The van der Waals surface area contributed by atoms with E-state index in [1.807, 2.05) is 61.5 Å². The fraction of sp³-hybridized carbons (Fsp3) is 0.160. The van der Waals surface area contributed by atoms with Gasteiger partial charge in [0.25, 0.3) is 0 Å². The first-order valence-electron chi connectivity index (χ1n) is 10.0. The van der Waals surface area contributed by atoms with Crippen molar-refractivity contribution in [3.63, 3.8) is 0 Å². The molecule has 172 valence electrons. The molecule has 6 nitrogen and oxygen atoms in total. The molecule has 0 fully saturated rings. The number of carboxylic acids is 1. The molecule has 0 saturated heterocycles. The lowest BCUT2D eigenvalue weighted by Crippen LogP contribution is -2.09. The Balaban J connectivity index is 1.78. The molecule has 3 aromatic carbocycles. The molecule has 0 aromatic heterocycles. The van der Waals surface area contributed by atoms with Crippen LogP contribution in [0.2, 0.25) is 0 Å². The molecule has 0 bridgehead atoms. The van der Waals surface area contributed by atoms with Gasteiger partial charge in [-0.2, -0.15) is 8.42 Å². The molecule has 33 heavy (non-hydrogen) atoms. The summed E-state index contributed by atoms with van der Waals surface area (Å²) in [4.78, 5) is 11.7. The van der Waals surface area contributed by atoms with Gasteiger partial charge in [-0.1, -0.05) is 48.5 Å². The molecule has 0 atom stereocenters. The summed E-state index contributed by atoms with van der Waals surface area (Å²) >= 11 is 1.64. The minimum absolute atomic E-state index is 0.267. The van der Waals surface area contributed by atoms with Gasteiger partial charge in [-0.05, 0) is 59.5 Å². The monoisotopic (exact) mass is 484 g/mol. The maximum atomic E-state index is 11.4. The lowest BCUT2D eigenvalue weighted by atomic mass is 9.98. The number of thioether (sulfide) groups is 1. The predicted octanol–water partition coefficient (Wildman–Crippen LogP) is 5.02.